The van der Waals surface area contributed by atoms with Crippen LogP contribution in [0.25, 0.3) is 28.0 Å². The van der Waals surface area contributed by atoms with Gasteiger partial charge in [-0.15, -0.1) is 11.3 Å². The van der Waals surface area contributed by atoms with Gasteiger partial charge in [0.1, 0.15) is 17.1 Å². The predicted molar refractivity (Wildman–Crippen MR) is 167 cm³/mol. The van der Waals surface area contributed by atoms with Crippen LogP contribution in [0.4, 0.5) is 0 Å². The van der Waals surface area contributed by atoms with Crippen LogP contribution in [-0.2, 0) is 16.1 Å². The largest absolute Gasteiger partial charge is 0.497 e. The van der Waals surface area contributed by atoms with E-state index in [-0.39, 0.29) is 18.2 Å². The van der Waals surface area contributed by atoms with Crippen molar-refractivity contribution in [1.82, 2.24) is 14.9 Å². The maximum atomic E-state index is 13.9. The van der Waals surface area contributed by atoms with Crippen molar-refractivity contribution in [3.63, 3.8) is 0 Å². The molecule has 0 radical (unpaired) electrons. The summed E-state index contributed by atoms with van der Waals surface area (Å²) in [6.07, 6.45) is 4.64. The average Bonchev–Trinajstić information content (AvgIpc) is 3.63. The molecule has 1 unspecified atom stereocenters. The third kappa shape index (κ3) is 8.42. The summed E-state index contributed by atoms with van der Waals surface area (Å²) in [7, 11) is 1.59. The van der Waals surface area contributed by atoms with E-state index in [9.17, 15) is 14.4 Å². The molecule has 0 aliphatic rings. The van der Waals surface area contributed by atoms with E-state index in [1.807, 2.05) is 59.2 Å². The Kier molecular flexibility index (Phi) is 10.9. The Labute approximate surface area is 254 Å². The number of rotatable bonds is 15. The minimum absolute atomic E-state index is 0.0479. The third-order valence-electron chi connectivity index (χ3n) is 6.96. The number of carboxylic acid groups (broad SMARTS) is 2. The molecular formula is C33H35N3O6S. The zero-order valence-corrected chi connectivity index (χ0v) is 25.0. The Morgan fingerprint density at radius 2 is 1.74 bits per heavy atom. The number of nitrogens with one attached hydrogen (secondary N) is 1. The highest BCUT2D eigenvalue weighted by Crippen LogP contribution is 2.36. The first-order valence-corrected chi connectivity index (χ1v) is 14.9. The van der Waals surface area contributed by atoms with Gasteiger partial charge in [0.05, 0.1) is 12.0 Å². The second kappa shape index (κ2) is 15.0. The van der Waals surface area contributed by atoms with Crippen LogP contribution in [0.2, 0.25) is 0 Å². The minimum atomic E-state index is -1.03. The Morgan fingerprint density at radius 3 is 2.42 bits per heavy atom. The summed E-state index contributed by atoms with van der Waals surface area (Å²) in [5.41, 5.74) is 2.82. The molecule has 3 N–H and O–H groups in total. The van der Waals surface area contributed by atoms with Crippen LogP contribution in [0.15, 0.2) is 72.8 Å². The number of hydrogen-bond acceptors (Lipinski definition) is 6. The van der Waals surface area contributed by atoms with Gasteiger partial charge in [-0.25, -0.2) is 9.78 Å². The van der Waals surface area contributed by atoms with E-state index in [4.69, 9.17) is 19.9 Å². The van der Waals surface area contributed by atoms with Crippen LogP contribution in [-0.4, -0.2) is 51.3 Å². The molecule has 0 aliphatic carbocycles. The molecule has 0 bridgehead atoms. The number of carbonyl (C=O) groups is 3. The number of unbranched alkanes of at least 4 members (excludes halogenated alkanes) is 2. The van der Waals surface area contributed by atoms with E-state index < -0.39 is 11.9 Å². The fourth-order valence-corrected chi connectivity index (χ4v) is 5.65. The minimum Gasteiger partial charge on any atom is -0.497 e. The lowest BCUT2D eigenvalue weighted by Crippen LogP contribution is -2.28. The van der Waals surface area contributed by atoms with Gasteiger partial charge in [0.15, 0.2) is 5.82 Å². The number of hydrogen-bond donors (Lipinski definition) is 3. The second-order valence-electron chi connectivity index (χ2n) is 10.1. The van der Waals surface area contributed by atoms with Gasteiger partial charge in [0.2, 0.25) is 0 Å². The number of nitrogens with zero attached hydrogens (tertiary/aromatic N) is 2. The number of carboxylic acids is 2. The average molecular weight is 602 g/mol. The topological polar surface area (TPSA) is 131 Å². The first-order valence-electron chi connectivity index (χ1n) is 14.1. The van der Waals surface area contributed by atoms with Gasteiger partial charge < -0.3 is 24.8 Å². The van der Waals surface area contributed by atoms with Gasteiger partial charge in [-0.1, -0.05) is 43.7 Å². The van der Waals surface area contributed by atoms with Gasteiger partial charge >= 0.3 is 11.9 Å². The van der Waals surface area contributed by atoms with E-state index in [2.05, 4.69) is 24.4 Å². The van der Waals surface area contributed by atoms with Gasteiger partial charge in [-0.05, 0) is 66.8 Å². The molecule has 224 valence electrons. The Morgan fingerprint density at radius 1 is 1.00 bits per heavy atom. The number of benzene rings is 2. The van der Waals surface area contributed by atoms with Crippen molar-refractivity contribution < 1.29 is 29.3 Å². The lowest BCUT2D eigenvalue weighted by Gasteiger charge is -2.18. The third-order valence-corrected chi connectivity index (χ3v) is 8.01. The molecule has 2 aromatic carbocycles. The van der Waals surface area contributed by atoms with Crippen molar-refractivity contribution in [3.05, 3.63) is 88.9 Å². The summed E-state index contributed by atoms with van der Waals surface area (Å²) in [6, 6.07) is 21.2. The van der Waals surface area contributed by atoms with E-state index in [1.54, 1.807) is 13.2 Å². The fraction of sp³-hybridized carbons (Fsp3) is 0.273. The Bertz CT molecular complexity index is 1570. The highest BCUT2D eigenvalue weighted by Gasteiger charge is 2.27. The maximum Gasteiger partial charge on any atom is 0.328 e. The first-order chi connectivity index (χ1) is 20.8. The lowest BCUT2D eigenvalue weighted by atomic mass is 10.0. The summed E-state index contributed by atoms with van der Waals surface area (Å²) < 4.78 is 7.29. The Hall–Kier alpha value is -4.70. The van der Waals surface area contributed by atoms with Gasteiger partial charge in [-0.3, -0.25) is 9.59 Å². The molecule has 10 heteroatoms. The van der Waals surface area contributed by atoms with Crippen LogP contribution >= 0.6 is 11.3 Å². The van der Waals surface area contributed by atoms with Gasteiger partial charge in [0, 0.05) is 36.0 Å². The van der Waals surface area contributed by atoms with Crippen LogP contribution < -0.4 is 10.1 Å². The summed E-state index contributed by atoms with van der Waals surface area (Å²) >= 11 is 1.40. The molecule has 0 aliphatic heterocycles. The van der Waals surface area contributed by atoms with Gasteiger partial charge in [0.25, 0.3) is 5.91 Å². The van der Waals surface area contributed by atoms with Crippen LogP contribution in [0, 0.1) is 0 Å². The van der Waals surface area contributed by atoms with Crippen LogP contribution in [0.3, 0.4) is 0 Å². The normalized spacial score (nSPS) is 11.9. The van der Waals surface area contributed by atoms with Crippen molar-refractivity contribution in [1.29, 1.82) is 0 Å². The number of imidazole rings is 1. The number of aromatic nitrogens is 2. The molecule has 0 spiro atoms. The number of methoxy groups -OCH3 is 1. The highest BCUT2D eigenvalue weighted by molar-refractivity contribution is 7.16. The van der Waals surface area contributed by atoms with E-state index >= 15 is 0 Å². The van der Waals surface area contributed by atoms with Crippen molar-refractivity contribution in [2.45, 2.75) is 45.1 Å². The molecule has 0 saturated carbocycles. The predicted octanol–water partition coefficient (Wildman–Crippen LogP) is 6.56. The molecule has 1 amide bonds. The number of carbonyl (C=O) groups excluding carboxylic acids is 1. The number of amides is 1. The van der Waals surface area contributed by atoms with Crippen molar-refractivity contribution >= 4 is 35.3 Å². The molecule has 2 heterocycles. The summed E-state index contributed by atoms with van der Waals surface area (Å²) in [6.45, 7) is 2.98. The van der Waals surface area contributed by atoms with Crippen LogP contribution in [0.1, 0.15) is 59.5 Å². The monoisotopic (exact) mass is 601 g/mol. The summed E-state index contributed by atoms with van der Waals surface area (Å²) in [5, 5.41) is 21.0. The quantitative estimate of drug-likeness (QED) is 0.104. The zero-order valence-electron chi connectivity index (χ0n) is 24.2. The zero-order chi connectivity index (χ0) is 30.8. The lowest BCUT2D eigenvalue weighted by molar-refractivity contribution is -0.137. The summed E-state index contributed by atoms with van der Waals surface area (Å²) in [5.74, 6) is -0.789. The maximum absolute atomic E-state index is 13.9. The summed E-state index contributed by atoms with van der Waals surface area (Å²) in [4.78, 5) is 42.4. The molecular weight excluding hydrogens is 566 g/mol. The van der Waals surface area contributed by atoms with E-state index in [0.29, 0.717) is 55.3 Å². The SMILES string of the molecule is COc1ccc(-c2nc(-c3ccc(/C=C/C(=O)O)s3)n(CC(C)c3ccccc3)c2C(=O)NCCCCCC(=O)O)cc1. The van der Waals surface area contributed by atoms with E-state index in [0.717, 1.165) is 27.0 Å². The molecule has 2 aromatic heterocycles. The molecule has 0 saturated heterocycles. The van der Waals surface area contributed by atoms with Gasteiger partial charge in [-0.2, -0.15) is 0 Å². The van der Waals surface area contributed by atoms with Crippen LogP contribution in [0.5, 0.6) is 5.75 Å². The molecule has 43 heavy (non-hydrogen) atoms. The molecule has 9 nitrogen and oxygen atoms in total. The number of aliphatic carboxylic acids is 2. The van der Waals surface area contributed by atoms with Crippen molar-refractivity contribution in [2.75, 3.05) is 13.7 Å². The molecule has 0 fully saturated rings. The van der Waals surface area contributed by atoms with Crippen molar-refractivity contribution in [3.8, 4) is 27.7 Å². The fourth-order valence-electron chi connectivity index (χ4n) is 4.74. The molecule has 4 aromatic rings. The van der Waals surface area contributed by atoms with E-state index in [1.165, 1.54) is 11.3 Å². The molecule has 4 rings (SSSR count). The number of ether oxygens (including phenoxy) is 1. The second-order valence-corrected chi connectivity index (χ2v) is 11.2. The number of thiophene rings is 1. The standard InChI is InChI=1S/C33H35N3O6S/c1-22(23-9-5-3-6-10-23)21-36-31(33(41)34-20-8-4-7-11-28(37)38)30(24-12-14-25(42-2)15-13-24)35-32(36)27-18-16-26(43-27)17-19-29(39)40/h3,5-6,9-10,12-19,22H,4,7-8,11,20-21H2,1-2H3,(H,34,41)(H,37,38)(H,39,40)/b19-17+. The Balaban J connectivity index is 1.77. The highest BCUT2D eigenvalue weighted by atomic mass is 32.1. The molecule has 1 atom stereocenters. The smallest absolute Gasteiger partial charge is 0.328 e. The van der Waals surface area contributed by atoms with Crippen molar-refractivity contribution in [2.24, 2.45) is 0 Å². The first kappa shape index (κ1) is 31.2.